The van der Waals surface area contributed by atoms with Crippen LogP contribution >= 0.6 is 0 Å². The standard InChI is InChI=1S/C11H10N4O3/c1-16-9-3-7(11-12-14-15-13-11)6-4-10(17-2)18-5-8(6)9/h3-5H,1-2H3,(H,12,13,14,15). The number of H-pyrrole nitrogens is 1. The maximum absolute atomic E-state index is 5.30. The molecule has 3 rings (SSSR count). The van der Waals surface area contributed by atoms with Crippen LogP contribution in [0.3, 0.4) is 0 Å². The molecule has 0 saturated heterocycles. The van der Waals surface area contributed by atoms with Gasteiger partial charge in [0, 0.05) is 17.2 Å². The monoisotopic (exact) mass is 246 g/mol. The highest BCUT2D eigenvalue weighted by atomic mass is 16.6. The average Bonchev–Trinajstić information content (AvgIpc) is 3.04. The molecule has 0 bridgehead atoms. The van der Waals surface area contributed by atoms with Crippen LogP contribution in [0.1, 0.15) is 0 Å². The predicted molar refractivity (Wildman–Crippen MR) is 61.6 cm³/mol. The lowest BCUT2D eigenvalue weighted by molar-refractivity contribution is 0.297. The minimum atomic E-state index is 0.403. The van der Waals surface area contributed by atoms with Crippen LogP contribution in [0, 0.1) is 0 Å². The average molecular weight is 246 g/mol. The van der Waals surface area contributed by atoms with Crippen molar-refractivity contribution in [2.45, 2.75) is 0 Å². The number of rotatable bonds is 3. The van der Waals surface area contributed by atoms with Crippen LogP contribution in [0.2, 0.25) is 0 Å². The van der Waals surface area contributed by atoms with Crippen molar-refractivity contribution in [2.75, 3.05) is 14.2 Å². The third-order valence-electron chi connectivity index (χ3n) is 2.68. The van der Waals surface area contributed by atoms with Crippen LogP contribution < -0.4 is 9.47 Å². The van der Waals surface area contributed by atoms with Crippen molar-refractivity contribution >= 4 is 0 Å². The summed E-state index contributed by atoms with van der Waals surface area (Å²) < 4.78 is 15.7. The van der Waals surface area contributed by atoms with Crippen molar-refractivity contribution in [2.24, 2.45) is 0 Å². The van der Waals surface area contributed by atoms with E-state index in [0.29, 0.717) is 17.5 Å². The molecule has 0 radical (unpaired) electrons. The molecule has 1 aromatic rings. The summed E-state index contributed by atoms with van der Waals surface area (Å²) >= 11 is 0. The molecule has 0 spiro atoms. The first-order valence-electron chi connectivity index (χ1n) is 5.20. The van der Waals surface area contributed by atoms with Crippen LogP contribution in [0.25, 0.3) is 22.5 Å². The van der Waals surface area contributed by atoms with Gasteiger partial charge in [0.05, 0.1) is 19.8 Å². The molecule has 1 aliphatic heterocycles. The summed E-state index contributed by atoms with van der Waals surface area (Å²) in [5, 5.41) is 13.9. The molecule has 1 N–H and O–H groups in total. The van der Waals surface area contributed by atoms with Gasteiger partial charge in [-0.1, -0.05) is 0 Å². The fraction of sp³-hybridized carbons (Fsp3) is 0.182. The van der Waals surface area contributed by atoms with E-state index in [1.165, 1.54) is 0 Å². The Labute approximate surface area is 102 Å². The molecule has 1 aromatic heterocycles. The molecule has 0 unspecified atom stereocenters. The van der Waals surface area contributed by atoms with Crippen LogP contribution in [-0.2, 0) is 0 Å². The Morgan fingerprint density at radius 3 is 2.67 bits per heavy atom. The number of hydrogen-bond acceptors (Lipinski definition) is 6. The minimum Gasteiger partial charge on any atom is -0.496 e. The van der Waals surface area contributed by atoms with E-state index < -0.39 is 0 Å². The molecule has 0 amide bonds. The van der Waals surface area contributed by atoms with E-state index in [0.717, 1.165) is 16.7 Å². The molecular formula is C11H10N4O3. The highest BCUT2D eigenvalue weighted by Gasteiger charge is 2.22. The molecule has 2 heterocycles. The normalized spacial score (nSPS) is 10.8. The zero-order valence-corrected chi connectivity index (χ0v) is 9.80. The van der Waals surface area contributed by atoms with Crippen LogP contribution in [-0.4, -0.2) is 34.8 Å². The third-order valence-corrected chi connectivity index (χ3v) is 2.68. The lowest BCUT2D eigenvalue weighted by atomic mass is 10.1. The number of tetrazole rings is 1. The molecule has 7 heteroatoms. The van der Waals surface area contributed by atoms with Crippen molar-refractivity contribution in [1.29, 1.82) is 0 Å². The van der Waals surface area contributed by atoms with Gasteiger partial charge in [-0.15, -0.1) is 10.2 Å². The summed E-state index contributed by atoms with van der Waals surface area (Å²) in [4.78, 5) is 0. The van der Waals surface area contributed by atoms with Crippen molar-refractivity contribution in [3.05, 3.63) is 18.4 Å². The van der Waals surface area contributed by atoms with E-state index in [2.05, 4.69) is 20.6 Å². The number of nitrogens with zero attached hydrogens (tertiary/aromatic N) is 3. The van der Waals surface area contributed by atoms with Crippen molar-refractivity contribution < 1.29 is 13.9 Å². The van der Waals surface area contributed by atoms with Gasteiger partial charge in [0.25, 0.3) is 5.95 Å². The van der Waals surface area contributed by atoms with Gasteiger partial charge in [-0.3, -0.25) is 0 Å². The van der Waals surface area contributed by atoms with Crippen LogP contribution in [0.5, 0.6) is 11.7 Å². The Bertz CT molecular complexity index is 632. The number of ether oxygens (including phenoxy) is 2. The summed E-state index contributed by atoms with van der Waals surface area (Å²) in [6.07, 6.45) is 1.58. The van der Waals surface area contributed by atoms with Crippen LogP contribution in [0.4, 0.5) is 0 Å². The van der Waals surface area contributed by atoms with E-state index in [-0.39, 0.29) is 0 Å². The Kier molecular flexibility index (Phi) is 2.36. The van der Waals surface area contributed by atoms with Crippen molar-refractivity contribution in [3.8, 4) is 34.2 Å². The maximum atomic E-state index is 5.30. The van der Waals surface area contributed by atoms with Gasteiger partial charge < -0.3 is 13.9 Å². The second-order valence-electron chi connectivity index (χ2n) is 3.59. The van der Waals surface area contributed by atoms with E-state index in [1.54, 1.807) is 26.5 Å². The Hall–Kier alpha value is -2.57. The van der Waals surface area contributed by atoms with Gasteiger partial charge in [-0.25, -0.2) is 0 Å². The highest BCUT2D eigenvalue weighted by Crippen LogP contribution is 2.43. The number of hydrogen-bond donors (Lipinski definition) is 1. The number of fused-ring (bicyclic) bond motifs is 1. The molecular weight excluding hydrogens is 236 g/mol. The van der Waals surface area contributed by atoms with E-state index >= 15 is 0 Å². The molecule has 92 valence electrons. The minimum absolute atomic E-state index is 0.403. The molecule has 18 heavy (non-hydrogen) atoms. The number of aromatic nitrogens is 4. The first kappa shape index (κ1) is 10.6. The SMILES string of the molecule is COc1cc2c(-c3nn[nH]n3)cc(OC)c-2co1. The largest absolute Gasteiger partial charge is 0.496 e. The van der Waals surface area contributed by atoms with E-state index in [4.69, 9.17) is 13.9 Å². The number of methoxy groups -OCH3 is 2. The topological polar surface area (TPSA) is 86.1 Å². The molecule has 1 aliphatic carbocycles. The third kappa shape index (κ3) is 1.48. The number of aromatic amines is 1. The zero-order valence-electron chi connectivity index (χ0n) is 9.80. The Morgan fingerprint density at radius 2 is 2.00 bits per heavy atom. The summed E-state index contributed by atoms with van der Waals surface area (Å²) in [5.41, 5.74) is 2.53. The lowest BCUT2D eigenvalue weighted by Crippen LogP contribution is -1.87. The summed E-state index contributed by atoms with van der Waals surface area (Å²) in [5.74, 6) is 1.59. The van der Waals surface area contributed by atoms with Crippen molar-refractivity contribution in [3.63, 3.8) is 0 Å². The van der Waals surface area contributed by atoms with Crippen LogP contribution in [0.15, 0.2) is 22.8 Å². The second kappa shape index (κ2) is 4.02. The summed E-state index contributed by atoms with van der Waals surface area (Å²) in [6, 6.07) is 3.61. The lowest BCUT2D eigenvalue weighted by Gasteiger charge is -2.05. The Balaban J connectivity index is 2.25. The molecule has 2 aliphatic rings. The summed E-state index contributed by atoms with van der Waals surface area (Å²) in [6.45, 7) is 0. The molecule has 7 nitrogen and oxygen atoms in total. The molecule has 0 saturated carbocycles. The van der Waals surface area contributed by atoms with Gasteiger partial charge in [0.1, 0.15) is 12.0 Å². The van der Waals surface area contributed by atoms with E-state index in [9.17, 15) is 0 Å². The fourth-order valence-corrected chi connectivity index (χ4v) is 1.85. The van der Waals surface area contributed by atoms with E-state index in [1.807, 2.05) is 6.07 Å². The molecule has 0 atom stereocenters. The van der Waals surface area contributed by atoms with Crippen molar-refractivity contribution in [1.82, 2.24) is 20.6 Å². The molecule has 0 aromatic carbocycles. The Morgan fingerprint density at radius 1 is 1.11 bits per heavy atom. The number of nitrogens with one attached hydrogen (secondary N) is 1. The van der Waals surface area contributed by atoms with Gasteiger partial charge in [0.15, 0.2) is 0 Å². The predicted octanol–water partition coefficient (Wildman–Crippen LogP) is 1.58. The smallest absolute Gasteiger partial charge is 0.284 e. The highest BCUT2D eigenvalue weighted by molar-refractivity contribution is 5.88. The van der Waals surface area contributed by atoms with Gasteiger partial charge >= 0.3 is 0 Å². The fourth-order valence-electron chi connectivity index (χ4n) is 1.85. The van der Waals surface area contributed by atoms with Gasteiger partial charge in [-0.05, 0) is 11.3 Å². The molecule has 0 fully saturated rings. The van der Waals surface area contributed by atoms with Gasteiger partial charge in [-0.2, -0.15) is 5.21 Å². The zero-order chi connectivity index (χ0) is 12.5. The summed E-state index contributed by atoms with van der Waals surface area (Å²) in [7, 11) is 3.14. The quantitative estimate of drug-likeness (QED) is 0.755. The second-order valence-corrected chi connectivity index (χ2v) is 3.59. The van der Waals surface area contributed by atoms with Gasteiger partial charge in [0.2, 0.25) is 5.82 Å². The maximum Gasteiger partial charge on any atom is 0.284 e. The first-order chi connectivity index (χ1) is 8.83. The first-order valence-corrected chi connectivity index (χ1v) is 5.20.